The summed E-state index contributed by atoms with van der Waals surface area (Å²) >= 11 is 0. The molecule has 2 aromatic rings. The van der Waals surface area contributed by atoms with Gasteiger partial charge in [-0.15, -0.1) is 5.10 Å². The van der Waals surface area contributed by atoms with Crippen molar-refractivity contribution in [3.05, 3.63) is 46.8 Å². The van der Waals surface area contributed by atoms with Crippen LogP contribution in [0.4, 0.5) is 19.1 Å². The van der Waals surface area contributed by atoms with Crippen LogP contribution in [0.3, 0.4) is 0 Å². The minimum Gasteiger partial charge on any atom is -0.349 e. The van der Waals surface area contributed by atoms with Crippen LogP contribution in [0.1, 0.15) is 22.5 Å². The topological polar surface area (TPSA) is 50.7 Å². The molecule has 0 aliphatic rings. The summed E-state index contributed by atoms with van der Waals surface area (Å²) in [6, 6.07) is 5.40. The first kappa shape index (κ1) is 14.2. The van der Waals surface area contributed by atoms with Gasteiger partial charge >= 0.3 is 6.18 Å². The van der Waals surface area contributed by atoms with E-state index in [1.54, 1.807) is 19.9 Å². The van der Waals surface area contributed by atoms with Crippen LogP contribution in [-0.4, -0.2) is 15.2 Å². The van der Waals surface area contributed by atoms with E-state index in [1.807, 2.05) is 0 Å². The Morgan fingerprint density at radius 2 is 1.75 bits per heavy atom. The van der Waals surface area contributed by atoms with Gasteiger partial charge < -0.3 is 5.32 Å². The molecule has 7 heteroatoms. The number of rotatable bonds is 3. The number of halogens is 3. The minimum atomic E-state index is -4.37. The zero-order valence-corrected chi connectivity index (χ0v) is 11.0. The molecule has 1 aromatic heterocycles. The van der Waals surface area contributed by atoms with Gasteiger partial charge in [-0.3, -0.25) is 0 Å². The van der Waals surface area contributed by atoms with E-state index in [1.165, 1.54) is 12.1 Å². The second-order valence-corrected chi connectivity index (χ2v) is 4.31. The van der Waals surface area contributed by atoms with Crippen LogP contribution in [0.5, 0.6) is 0 Å². The summed E-state index contributed by atoms with van der Waals surface area (Å²) in [5, 5.41) is 10.4. The van der Waals surface area contributed by atoms with Gasteiger partial charge in [0.2, 0.25) is 5.95 Å². The van der Waals surface area contributed by atoms with Crippen LogP contribution in [0, 0.1) is 13.8 Å². The van der Waals surface area contributed by atoms with Gasteiger partial charge in [-0.25, -0.2) is 4.98 Å². The fourth-order valence-corrected chi connectivity index (χ4v) is 1.66. The summed E-state index contributed by atoms with van der Waals surface area (Å²) in [5.41, 5.74) is 0.851. The molecule has 0 radical (unpaired) electrons. The Labute approximate surface area is 114 Å². The average molecular weight is 282 g/mol. The monoisotopic (exact) mass is 282 g/mol. The van der Waals surface area contributed by atoms with Gasteiger partial charge in [-0.1, -0.05) is 18.2 Å². The molecule has 0 atom stereocenters. The third-order valence-electron chi connectivity index (χ3n) is 2.85. The predicted molar refractivity (Wildman–Crippen MR) is 68.1 cm³/mol. The van der Waals surface area contributed by atoms with Crippen molar-refractivity contribution >= 4 is 5.95 Å². The first-order valence-corrected chi connectivity index (χ1v) is 5.95. The van der Waals surface area contributed by atoms with E-state index in [-0.39, 0.29) is 18.1 Å². The van der Waals surface area contributed by atoms with Crippen LogP contribution in [0.25, 0.3) is 0 Å². The number of anilines is 1. The molecule has 0 aliphatic carbocycles. The van der Waals surface area contributed by atoms with Crippen molar-refractivity contribution in [2.24, 2.45) is 0 Å². The van der Waals surface area contributed by atoms with E-state index in [0.717, 1.165) is 6.07 Å². The van der Waals surface area contributed by atoms with Gasteiger partial charge in [0.05, 0.1) is 17.0 Å². The molecule has 20 heavy (non-hydrogen) atoms. The quantitative estimate of drug-likeness (QED) is 0.939. The zero-order valence-electron chi connectivity index (χ0n) is 11.0. The van der Waals surface area contributed by atoms with Crippen LogP contribution in [0.2, 0.25) is 0 Å². The summed E-state index contributed by atoms with van der Waals surface area (Å²) in [7, 11) is 0. The molecule has 0 bridgehead atoms. The van der Waals surface area contributed by atoms with Crippen molar-refractivity contribution < 1.29 is 13.2 Å². The predicted octanol–water partition coefficient (Wildman–Crippen LogP) is 3.12. The summed E-state index contributed by atoms with van der Waals surface area (Å²) < 4.78 is 38.5. The Balaban J connectivity index is 2.17. The lowest BCUT2D eigenvalue weighted by Gasteiger charge is -2.13. The molecule has 0 aliphatic heterocycles. The number of hydrogen-bond acceptors (Lipinski definition) is 4. The summed E-state index contributed by atoms with van der Waals surface area (Å²) in [6.07, 6.45) is -4.37. The van der Waals surface area contributed by atoms with Crippen molar-refractivity contribution in [2.75, 3.05) is 5.32 Å². The molecule has 106 valence electrons. The molecule has 0 saturated heterocycles. The zero-order chi connectivity index (χ0) is 14.8. The molecule has 4 nitrogen and oxygen atoms in total. The van der Waals surface area contributed by atoms with E-state index in [4.69, 9.17) is 0 Å². The number of aromatic nitrogens is 3. The maximum absolute atomic E-state index is 12.8. The first-order valence-electron chi connectivity index (χ1n) is 5.95. The third kappa shape index (κ3) is 3.23. The highest BCUT2D eigenvalue weighted by molar-refractivity contribution is 5.34. The van der Waals surface area contributed by atoms with Gasteiger partial charge in [0.25, 0.3) is 0 Å². The summed E-state index contributed by atoms with van der Waals surface area (Å²) in [5.74, 6) is 0.213. The minimum absolute atomic E-state index is 0.0140. The van der Waals surface area contributed by atoms with Crippen molar-refractivity contribution in [2.45, 2.75) is 26.6 Å². The largest absolute Gasteiger partial charge is 0.416 e. The van der Waals surface area contributed by atoms with E-state index >= 15 is 0 Å². The Morgan fingerprint density at radius 3 is 2.40 bits per heavy atom. The molecule has 2 rings (SSSR count). The standard InChI is InChI=1S/C13H13F3N4/c1-8-9(2)19-20-12(18-8)17-7-10-5-3-4-6-11(10)13(14,15)16/h3-6H,7H2,1-2H3,(H,17,18,20). The first-order chi connectivity index (χ1) is 9.38. The fraction of sp³-hybridized carbons (Fsp3) is 0.308. The molecule has 0 fully saturated rings. The second kappa shape index (κ2) is 5.44. The Hall–Kier alpha value is -2.18. The van der Waals surface area contributed by atoms with E-state index in [0.29, 0.717) is 11.4 Å². The average Bonchev–Trinajstić information content (AvgIpc) is 2.39. The Morgan fingerprint density at radius 1 is 1.05 bits per heavy atom. The SMILES string of the molecule is Cc1nnc(NCc2ccccc2C(F)(F)F)nc1C. The third-order valence-corrected chi connectivity index (χ3v) is 2.85. The number of benzene rings is 1. The van der Waals surface area contributed by atoms with Crippen LogP contribution in [-0.2, 0) is 12.7 Å². The van der Waals surface area contributed by atoms with Gasteiger partial charge in [0.15, 0.2) is 0 Å². The van der Waals surface area contributed by atoms with Crippen LogP contribution in [0.15, 0.2) is 24.3 Å². The fourth-order valence-electron chi connectivity index (χ4n) is 1.66. The van der Waals surface area contributed by atoms with E-state index in [2.05, 4.69) is 20.5 Å². The van der Waals surface area contributed by atoms with Gasteiger partial charge in [0, 0.05) is 6.54 Å². The second-order valence-electron chi connectivity index (χ2n) is 4.31. The lowest BCUT2D eigenvalue weighted by molar-refractivity contribution is -0.138. The molecule has 0 amide bonds. The number of nitrogens with zero attached hydrogens (tertiary/aromatic N) is 3. The number of nitrogens with one attached hydrogen (secondary N) is 1. The molecular weight excluding hydrogens is 269 g/mol. The maximum Gasteiger partial charge on any atom is 0.416 e. The number of aryl methyl sites for hydroxylation is 2. The molecule has 0 saturated carbocycles. The van der Waals surface area contributed by atoms with Gasteiger partial charge in [0.1, 0.15) is 0 Å². The highest BCUT2D eigenvalue weighted by atomic mass is 19.4. The molecule has 0 spiro atoms. The highest BCUT2D eigenvalue weighted by Gasteiger charge is 2.32. The van der Waals surface area contributed by atoms with Gasteiger partial charge in [-0.2, -0.15) is 18.3 Å². The van der Waals surface area contributed by atoms with E-state index < -0.39 is 11.7 Å². The Bertz CT molecular complexity index is 611. The normalized spacial score (nSPS) is 11.4. The van der Waals surface area contributed by atoms with Crippen LogP contribution < -0.4 is 5.32 Å². The Kier molecular flexibility index (Phi) is 3.87. The van der Waals surface area contributed by atoms with Crippen molar-refractivity contribution in [1.29, 1.82) is 0 Å². The summed E-state index contributed by atoms with van der Waals surface area (Å²) in [4.78, 5) is 4.11. The molecule has 1 N–H and O–H groups in total. The van der Waals surface area contributed by atoms with E-state index in [9.17, 15) is 13.2 Å². The number of alkyl halides is 3. The van der Waals surface area contributed by atoms with Crippen molar-refractivity contribution in [3.8, 4) is 0 Å². The maximum atomic E-state index is 12.8. The smallest absolute Gasteiger partial charge is 0.349 e. The van der Waals surface area contributed by atoms with Crippen molar-refractivity contribution in [1.82, 2.24) is 15.2 Å². The lowest BCUT2D eigenvalue weighted by Crippen LogP contribution is -2.13. The molecule has 1 heterocycles. The molecule has 0 unspecified atom stereocenters. The van der Waals surface area contributed by atoms with Crippen molar-refractivity contribution in [3.63, 3.8) is 0 Å². The number of hydrogen-bond donors (Lipinski definition) is 1. The van der Waals surface area contributed by atoms with Gasteiger partial charge in [-0.05, 0) is 25.5 Å². The highest BCUT2D eigenvalue weighted by Crippen LogP contribution is 2.31. The molecular formula is C13H13F3N4. The lowest BCUT2D eigenvalue weighted by atomic mass is 10.1. The summed E-state index contributed by atoms with van der Waals surface area (Å²) in [6.45, 7) is 3.51. The van der Waals surface area contributed by atoms with Crippen LogP contribution >= 0.6 is 0 Å². The molecule has 1 aromatic carbocycles.